The van der Waals surface area contributed by atoms with E-state index in [1.807, 2.05) is 6.92 Å². The average molecular weight is 233 g/mol. The number of aromatic amines is 2. The first-order chi connectivity index (χ1) is 8.22. The summed E-state index contributed by atoms with van der Waals surface area (Å²) in [5.41, 5.74) is 1.67. The first-order valence-corrected chi connectivity index (χ1v) is 5.61. The van der Waals surface area contributed by atoms with Gasteiger partial charge in [-0.2, -0.15) is 0 Å². The highest BCUT2D eigenvalue weighted by molar-refractivity contribution is 5.25. The highest BCUT2D eigenvalue weighted by atomic mass is 16.3. The Kier molecular flexibility index (Phi) is 3.39. The number of aromatic nitrogens is 3. The molecule has 5 nitrogen and oxygen atoms in total. The zero-order valence-corrected chi connectivity index (χ0v) is 9.60. The standard InChI is InChI=1S/C12H15N3O2/c1-2-4-9-10(15-12(17)14-9)11(16)8-5-3-6-13-7-8/h3,5-7,11,16H,2,4H2,1H3,(H2,14,15,17). The second kappa shape index (κ2) is 4.97. The van der Waals surface area contributed by atoms with Crippen molar-refractivity contribution in [3.63, 3.8) is 0 Å². The number of hydrogen-bond acceptors (Lipinski definition) is 3. The van der Waals surface area contributed by atoms with Gasteiger partial charge in [-0.25, -0.2) is 4.79 Å². The lowest BCUT2D eigenvalue weighted by molar-refractivity contribution is 0.214. The molecule has 0 aliphatic carbocycles. The summed E-state index contributed by atoms with van der Waals surface area (Å²) in [7, 11) is 0. The predicted molar refractivity (Wildman–Crippen MR) is 63.7 cm³/mol. The van der Waals surface area contributed by atoms with Crippen molar-refractivity contribution < 1.29 is 5.11 Å². The average Bonchev–Trinajstić information content (AvgIpc) is 2.71. The van der Waals surface area contributed by atoms with Crippen LogP contribution in [0.1, 0.15) is 36.4 Å². The summed E-state index contributed by atoms with van der Waals surface area (Å²) in [4.78, 5) is 20.6. The lowest BCUT2D eigenvalue weighted by Crippen LogP contribution is -2.05. The molecule has 2 aromatic rings. The third-order valence-electron chi connectivity index (χ3n) is 2.61. The van der Waals surface area contributed by atoms with Crippen LogP contribution in [0.25, 0.3) is 0 Å². The van der Waals surface area contributed by atoms with Gasteiger partial charge in [0.25, 0.3) is 0 Å². The second-order valence-electron chi connectivity index (χ2n) is 3.91. The van der Waals surface area contributed by atoms with Crippen LogP contribution in [0.3, 0.4) is 0 Å². The maximum absolute atomic E-state index is 11.3. The Hall–Kier alpha value is -1.88. The number of pyridine rings is 1. The van der Waals surface area contributed by atoms with Crippen LogP contribution in [-0.4, -0.2) is 20.1 Å². The largest absolute Gasteiger partial charge is 0.382 e. The second-order valence-corrected chi connectivity index (χ2v) is 3.91. The zero-order chi connectivity index (χ0) is 12.3. The van der Waals surface area contributed by atoms with Crippen LogP contribution in [0.15, 0.2) is 29.3 Å². The van der Waals surface area contributed by atoms with Gasteiger partial charge >= 0.3 is 5.69 Å². The Bertz CT molecular complexity index is 530. The monoisotopic (exact) mass is 233 g/mol. The minimum Gasteiger partial charge on any atom is -0.382 e. The van der Waals surface area contributed by atoms with E-state index >= 15 is 0 Å². The van der Waals surface area contributed by atoms with E-state index in [0.717, 1.165) is 18.5 Å². The van der Waals surface area contributed by atoms with Gasteiger partial charge in [-0.3, -0.25) is 4.98 Å². The van der Waals surface area contributed by atoms with E-state index < -0.39 is 6.10 Å². The van der Waals surface area contributed by atoms with Gasteiger partial charge in [0.2, 0.25) is 0 Å². The van der Waals surface area contributed by atoms with Crippen LogP contribution in [0.2, 0.25) is 0 Å². The van der Waals surface area contributed by atoms with E-state index in [4.69, 9.17) is 0 Å². The Morgan fingerprint density at radius 3 is 2.94 bits per heavy atom. The van der Waals surface area contributed by atoms with Crippen molar-refractivity contribution in [3.05, 3.63) is 52.0 Å². The van der Waals surface area contributed by atoms with Gasteiger partial charge in [0.05, 0.1) is 5.69 Å². The van der Waals surface area contributed by atoms with E-state index in [1.165, 1.54) is 0 Å². The summed E-state index contributed by atoms with van der Waals surface area (Å²) in [6, 6.07) is 3.53. The highest BCUT2D eigenvalue weighted by Crippen LogP contribution is 2.21. The maximum Gasteiger partial charge on any atom is 0.323 e. The molecule has 0 radical (unpaired) electrons. The number of imidazole rings is 1. The maximum atomic E-state index is 11.3. The number of nitrogens with zero attached hydrogens (tertiary/aromatic N) is 1. The van der Waals surface area contributed by atoms with Crippen LogP contribution in [-0.2, 0) is 6.42 Å². The van der Waals surface area contributed by atoms with Crippen molar-refractivity contribution in [2.45, 2.75) is 25.9 Å². The van der Waals surface area contributed by atoms with Gasteiger partial charge in [0, 0.05) is 23.7 Å². The molecule has 2 aromatic heterocycles. The summed E-state index contributed by atoms with van der Waals surface area (Å²) >= 11 is 0. The fourth-order valence-electron chi connectivity index (χ4n) is 1.82. The first-order valence-electron chi connectivity index (χ1n) is 5.61. The molecule has 1 unspecified atom stereocenters. The molecule has 0 amide bonds. The van der Waals surface area contributed by atoms with E-state index in [2.05, 4.69) is 15.0 Å². The number of aliphatic hydroxyl groups is 1. The molecule has 0 saturated carbocycles. The molecule has 0 spiro atoms. The van der Waals surface area contributed by atoms with Gasteiger partial charge in [-0.05, 0) is 12.5 Å². The number of aliphatic hydroxyl groups excluding tert-OH is 1. The fourth-order valence-corrected chi connectivity index (χ4v) is 1.82. The number of H-pyrrole nitrogens is 2. The van der Waals surface area contributed by atoms with Gasteiger partial charge < -0.3 is 15.1 Å². The van der Waals surface area contributed by atoms with Crippen molar-refractivity contribution in [1.29, 1.82) is 0 Å². The molecular formula is C12H15N3O2. The third kappa shape index (κ3) is 2.45. The van der Waals surface area contributed by atoms with Crippen molar-refractivity contribution in [2.24, 2.45) is 0 Å². The summed E-state index contributed by atoms with van der Waals surface area (Å²) < 4.78 is 0. The van der Waals surface area contributed by atoms with Crippen molar-refractivity contribution in [2.75, 3.05) is 0 Å². The molecule has 3 N–H and O–H groups in total. The Morgan fingerprint density at radius 2 is 2.29 bits per heavy atom. The molecule has 0 aliphatic heterocycles. The van der Waals surface area contributed by atoms with Crippen molar-refractivity contribution in [3.8, 4) is 0 Å². The minimum atomic E-state index is -0.843. The molecule has 0 saturated heterocycles. The molecule has 0 fully saturated rings. The molecule has 0 aromatic carbocycles. The van der Waals surface area contributed by atoms with Gasteiger partial charge in [0.15, 0.2) is 0 Å². The third-order valence-corrected chi connectivity index (χ3v) is 2.61. The predicted octanol–water partition coefficient (Wildman–Crippen LogP) is 1.13. The smallest absolute Gasteiger partial charge is 0.323 e. The van der Waals surface area contributed by atoms with E-state index in [-0.39, 0.29) is 5.69 Å². The van der Waals surface area contributed by atoms with Crippen LogP contribution in [0, 0.1) is 0 Å². The summed E-state index contributed by atoms with van der Waals surface area (Å²) in [5, 5.41) is 10.2. The van der Waals surface area contributed by atoms with E-state index in [9.17, 15) is 9.90 Å². The van der Waals surface area contributed by atoms with Crippen LogP contribution in [0.4, 0.5) is 0 Å². The van der Waals surface area contributed by atoms with Crippen LogP contribution < -0.4 is 5.69 Å². The number of aryl methyl sites for hydroxylation is 1. The summed E-state index contributed by atoms with van der Waals surface area (Å²) in [5.74, 6) is 0. The van der Waals surface area contributed by atoms with E-state index in [0.29, 0.717) is 11.3 Å². The molecule has 2 rings (SSSR count). The first kappa shape index (κ1) is 11.6. The van der Waals surface area contributed by atoms with Gasteiger partial charge in [0.1, 0.15) is 6.10 Å². The highest BCUT2D eigenvalue weighted by Gasteiger charge is 2.17. The SMILES string of the molecule is CCCc1[nH]c(=O)[nH]c1C(O)c1cccnc1. The number of rotatable bonds is 4. The molecule has 0 aliphatic rings. The molecule has 2 heterocycles. The minimum absolute atomic E-state index is 0.286. The summed E-state index contributed by atoms with van der Waals surface area (Å²) in [6.07, 6.45) is 4.02. The lowest BCUT2D eigenvalue weighted by atomic mass is 10.1. The number of hydrogen-bond donors (Lipinski definition) is 3. The van der Waals surface area contributed by atoms with Gasteiger partial charge in [-0.15, -0.1) is 0 Å². The zero-order valence-electron chi connectivity index (χ0n) is 9.60. The molecule has 0 bridgehead atoms. The fraction of sp³-hybridized carbons (Fsp3) is 0.333. The van der Waals surface area contributed by atoms with Crippen molar-refractivity contribution >= 4 is 0 Å². The molecular weight excluding hydrogens is 218 g/mol. The van der Waals surface area contributed by atoms with Gasteiger partial charge in [-0.1, -0.05) is 19.4 Å². The van der Waals surface area contributed by atoms with E-state index in [1.54, 1.807) is 24.5 Å². The Labute approximate surface area is 98.6 Å². The quantitative estimate of drug-likeness (QED) is 0.740. The Balaban J connectivity index is 2.36. The molecule has 17 heavy (non-hydrogen) atoms. The van der Waals surface area contributed by atoms with Crippen LogP contribution in [0.5, 0.6) is 0 Å². The van der Waals surface area contributed by atoms with Crippen molar-refractivity contribution in [1.82, 2.24) is 15.0 Å². The molecule has 5 heteroatoms. The molecule has 90 valence electrons. The Morgan fingerprint density at radius 1 is 1.47 bits per heavy atom. The molecule has 1 atom stereocenters. The topological polar surface area (TPSA) is 81.8 Å². The van der Waals surface area contributed by atoms with Crippen LogP contribution >= 0.6 is 0 Å². The lowest BCUT2D eigenvalue weighted by Gasteiger charge is -2.10. The number of nitrogens with one attached hydrogen (secondary N) is 2. The summed E-state index contributed by atoms with van der Waals surface area (Å²) in [6.45, 7) is 2.02. The normalized spacial score (nSPS) is 12.6.